The molecule has 0 aliphatic heterocycles. The van der Waals surface area contributed by atoms with Gasteiger partial charge in [0.05, 0.1) is 5.69 Å². The zero-order chi connectivity index (χ0) is 14.0. The molecule has 0 aliphatic rings. The van der Waals surface area contributed by atoms with E-state index in [1.165, 1.54) is 0 Å². The van der Waals surface area contributed by atoms with E-state index in [4.69, 9.17) is 0 Å². The van der Waals surface area contributed by atoms with Crippen LogP contribution in [-0.2, 0) is 10.0 Å². The first-order chi connectivity index (χ1) is 8.90. The zero-order valence-corrected chi connectivity index (χ0v) is 15.0. The second kappa shape index (κ2) is 5.95. The number of benzene rings is 2. The number of rotatable bonds is 3. The summed E-state index contributed by atoms with van der Waals surface area (Å²) in [6.07, 6.45) is 0. The summed E-state index contributed by atoms with van der Waals surface area (Å²) < 4.78 is 29.1. The predicted octanol–water partition coefficient (Wildman–Crippen LogP) is 4.77. The highest BCUT2D eigenvalue weighted by Crippen LogP contribution is 2.29. The van der Waals surface area contributed by atoms with Crippen LogP contribution in [0.1, 0.15) is 0 Å². The van der Waals surface area contributed by atoms with Crippen molar-refractivity contribution in [2.45, 2.75) is 4.90 Å². The Balaban J connectivity index is 2.44. The third-order valence-electron chi connectivity index (χ3n) is 2.30. The number of nitrogens with one attached hydrogen (secondary N) is 1. The molecule has 0 fully saturated rings. The molecule has 0 saturated carbocycles. The fourth-order valence-corrected chi connectivity index (χ4v) is 4.52. The predicted molar refractivity (Wildman–Crippen MR) is 86.8 cm³/mol. The molecule has 0 atom stereocenters. The maximum Gasteiger partial charge on any atom is 0.263 e. The van der Waals surface area contributed by atoms with Crippen molar-refractivity contribution in [1.82, 2.24) is 0 Å². The lowest BCUT2D eigenvalue weighted by atomic mass is 10.3. The molecule has 0 aromatic heterocycles. The summed E-state index contributed by atoms with van der Waals surface area (Å²) >= 11 is 9.82. The van der Waals surface area contributed by atoms with Crippen LogP contribution in [0.4, 0.5) is 5.69 Å². The van der Waals surface area contributed by atoms with Gasteiger partial charge in [0.1, 0.15) is 4.90 Å². The minimum Gasteiger partial charge on any atom is -0.278 e. The first kappa shape index (κ1) is 15.0. The molecule has 2 aromatic carbocycles. The first-order valence-electron chi connectivity index (χ1n) is 5.12. The molecule has 2 rings (SSSR count). The minimum absolute atomic E-state index is 0.178. The molecule has 19 heavy (non-hydrogen) atoms. The average Bonchev–Trinajstić information content (AvgIpc) is 2.35. The molecule has 3 nitrogen and oxygen atoms in total. The van der Waals surface area contributed by atoms with Crippen LogP contribution in [0.25, 0.3) is 0 Å². The highest BCUT2D eigenvalue weighted by molar-refractivity contribution is 9.11. The molecule has 0 unspecified atom stereocenters. The van der Waals surface area contributed by atoms with Crippen molar-refractivity contribution in [1.29, 1.82) is 0 Å². The van der Waals surface area contributed by atoms with E-state index < -0.39 is 10.0 Å². The third-order valence-corrected chi connectivity index (χ3v) is 5.85. The van der Waals surface area contributed by atoms with Crippen LogP contribution in [0.3, 0.4) is 0 Å². The molecule has 0 radical (unpaired) electrons. The summed E-state index contributed by atoms with van der Waals surface area (Å²) in [4.78, 5) is 0.178. The van der Waals surface area contributed by atoms with Crippen LogP contribution < -0.4 is 4.72 Å². The minimum atomic E-state index is -3.65. The van der Waals surface area contributed by atoms with Gasteiger partial charge in [-0.3, -0.25) is 4.72 Å². The van der Waals surface area contributed by atoms with Crippen molar-refractivity contribution in [3.8, 4) is 0 Å². The Bertz CT molecular complexity index is 717. The van der Waals surface area contributed by atoms with Gasteiger partial charge in [-0.2, -0.15) is 0 Å². The SMILES string of the molecule is O=S(=O)(Nc1ccccc1Br)c1cc(Br)ccc1Br. The Hall–Kier alpha value is -0.370. The highest BCUT2D eigenvalue weighted by Gasteiger charge is 2.19. The van der Waals surface area contributed by atoms with Gasteiger partial charge in [0.25, 0.3) is 10.0 Å². The fourth-order valence-electron chi connectivity index (χ4n) is 1.43. The lowest BCUT2D eigenvalue weighted by molar-refractivity contribution is 0.600. The molecule has 0 saturated heterocycles. The number of hydrogen-bond donors (Lipinski definition) is 1. The zero-order valence-electron chi connectivity index (χ0n) is 9.40. The molecule has 0 spiro atoms. The number of sulfonamides is 1. The first-order valence-corrected chi connectivity index (χ1v) is 8.99. The van der Waals surface area contributed by atoms with Crippen molar-refractivity contribution >= 4 is 63.5 Å². The molecule has 0 amide bonds. The monoisotopic (exact) mass is 467 g/mol. The van der Waals surface area contributed by atoms with Gasteiger partial charge in [0.2, 0.25) is 0 Å². The summed E-state index contributed by atoms with van der Waals surface area (Å²) in [5.41, 5.74) is 0.495. The normalized spacial score (nSPS) is 11.3. The number of halogens is 3. The molecular weight excluding hydrogens is 462 g/mol. The third kappa shape index (κ3) is 3.59. The molecule has 7 heteroatoms. The largest absolute Gasteiger partial charge is 0.278 e. The van der Waals surface area contributed by atoms with Crippen LogP contribution in [0.15, 0.2) is 60.8 Å². The van der Waals surface area contributed by atoms with Crippen LogP contribution >= 0.6 is 47.8 Å². The smallest absolute Gasteiger partial charge is 0.263 e. The van der Waals surface area contributed by atoms with Gasteiger partial charge >= 0.3 is 0 Å². The van der Waals surface area contributed by atoms with Gasteiger partial charge in [-0.25, -0.2) is 8.42 Å². The van der Waals surface area contributed by atoms with E-state index in [1.807, 2.05) is 6.07 Å². The Morgan fingerprint density at radius 2 is 1.58 bits per heavy atom. The summed E-state index contributed by atoms with van der Waals surface area (Å²) in [5, 5.41) is 0. The lowest BCUT2D eigenvalue weighted by Crippen LogP contribution is -2.13. The number of anilines is 1. The quantitative estimate of drug-likeness (QED) is 0.703. The maximum atomic E-state index is 12.3. The summed E-state index contributed by atoms with van der Waals surface area (Å²) in [6.45, 7) is 0. The van der Waals surface area contributed by atoms with E-state index in [-0.39, 0.29) is 4.90 Å². The molecule has 0 bridgehead atoms. The molecule has 1 N–H and O–H groups in total. The van der Waals surface area contributed by atoms with Crippen LogP contribution in [0, 0.1) is 0 Å². The van der Waals surface area contributed by atoms with Gasteiger partial charge in [-0.05, 0) is 62.2 Å². The Kier molecular flexibility index (Phi) is 4.70. The van der Waals surface area contributed by atoms with Crippen molar-refractivity contribution in [3.63, 3.8) is 0 Å². The Labute approximate surface area is 136 Å². The molecule has 100 valence electrons. The Morgan fingerprint density at radius 1 is 0.895 bits per heavy atom. The van der Waals surface area contributed by atoms with E-state index in [0.717, 1.165) is 0 Å². The standard InChI is InChI=1S/C12H8Br3NO2S/c13-8-5-6-10(15)12(7-8)19(17,18)16-11-4-2-1-3-9(11)14/h1-7,16H. The summed E-state index contributed by atoms with van der Waals surface area (Å²) in [6, 6.07) is 12.0. The number of hydrogen-bond acceptors (Lipinski definition) is 2. The van der Waals surface area contributed by atoms with Crippen molar-refractivity contribution in [2.24, 2.45) is 0 Å². The number of para-hydroxylation sites is 1. The molecule has 2 aromatic rings. The lowest BCUT2D eigenvalue weighted by Gasteiger charge is -2.11. The fraction of sp³-hybridized carbons (Fsp3) is 0. The Morgan fingerprint density at radius 3 is 2.26 bits per heavy atom. The van der Waals surface area contributed by atoms with Crippen molar-refractivity contribution < 1.29 is 8.42 Å². The van der Waals surface area contributed by atoms with Crippen LogP contribution in [0.2, 0.25) is 0 Å². The second-order valence-electron chi connectivity index (χ2n) is 3.66. The molecular formula is C12H8Br3NO2S. The van der Waals surface area contributed by atoms with E-state index in [0.29, 0.717) is 19.1 Å². The van der Waals surface area contributed by atoms with E-state index in [1.54, 1.807) is 36.4 Å². The summed E-state index contributed by atoms with van der Waals surface area (Å²) in [7, 11) is -3.65. The maximum absolute atomic E-state index is 12.3. The average molecular weight is 470 g/mol. The van der Waals surface area contributed by atoms with E-state index >= 15 is 0 Å². The van der Waals surface area contributed by atoms with E-state index in [9.17, 15) is 8.42 Å². The second-order valence-corrected chi connectivity index (χ2v) is 7.94. The molecule has 0 aliphatic carbocycles. The van der Waals surface area contributed by atoms with Crippen molar-refractivity contribution in [3.05, 3.63) is 55.9 Å². The summed E-state index contributed by atoms with van der Waals surface area (Å²) in [5.74, 6) is 0. The van der Waals surface area contributed by atoms with Crippen LogP contribution in [0.5, 0.6) is 0 Å². The van der Waals surface area contributed by atoms with Gasteiger partial charge in [0.15, 0.2) is 0 Å². The topological polar surface area (TPSA) is 46.2 Å². The van der Waals surface area contributed by atoms with Gasteiger partial charge in [-0.1, -0.05) is 28.1 Å². The van der Waals surface area contributed by atoms with Crippen molar-refractivity contribution in [2.75, 3.05) is 4.72 Å². The van der Waals surface area contributed by atoms with E-state index in [2.05, 4.69) is 52.5 Å². The highest BCUT2D eigenvalue weighted by atomic mass is 79.9. The van der Waals surface area contributed by atoms with Gasteiger partial charge < -0.3 is 0 Å². The molecule has 0 heterocycles. The van der Waals surface area contributed by atoms with Gasteiger partial charge in [0, 0.05) is 13.4 Å². The van der Waals surface area contributed by atoms with Crippen LogP contribution in [-0.4, -0.2) is 8.42 Å². The van der Waals surface area contributed by atoms with Gasteiger partial charge in [-0.15, -0.1) is 0 Å².